The molecule has 0 aromatic heterocycles. The molecule has 142 valence electrons. The van der Waals surface area contributed by atoms with Crippen LogP contribution in [0, 0.1) is 12.7 Å². The lowest BCUT2D eigenvalue weighted by Gasteiger charge is -2.21. The van der Waals surface area contributed by atoms with Crippen molar-refractivity contribution in [2.24, 2.45) is 0 Å². The van der Waals surface area contributed by atoms with Crippen LogP contribution in [-0.4, -0.2) is 15.5 Å². The van der Waals surface area contributed by atoms with Gasteiger partial charge in [0.25, 0.3) is 0 Å². The number of halogens is 1. The summed E-state index contributed by atoms with van der Waals surface area (Å²) in [6.45, 7) is 7.83. The van der Waals surface area contributed by atoms with E-state index in [1.165, 1.54) is 18.2 Å². The zero-order valence-corrected chi connectivity index (χ0v) is 16.7. The Morgan fingerprint density at radius 2 is 1.77 bits per heavy atom. The molecular formula is C20H26FNO3S. The predicted octanol–water partition coefficient (Wildman–Crippen LogP) is 4.45. The van der Waals surface area contributed by atoms with Crippen molar-refractivity contribution >= 4 is 10.0 Å². The van der Waals surface area contributed by atoms with Crippen molar-refractivity contribution in [3.63, 3.8) is 0 Å². The van der Waals surface area contributed by atoms with Crippen LogP contribution < -0.4 is 9.46 Å². The van der Waals surface area contributed by atoms with Gasteiger partial charge < -0.3 is 4.74 Å². The summed E-state index contributed by atoms with van der Waals surface area (Å²) in [4.78, 5) is 0. The van der Waals surface area contributed by atoms with E-state index >= 15 is 0 Å². The molecule has 1 unspecified atom stereocenters. The van der Waals surface area contributed by atoms with Gasteiger partial charge in [-0.1, -0.05) is 32.0 Å². The molecule has 0 fully saturated rings. The number of sulfonamides is 1. The van der Waals surface area contributed by atoms with Crippen LogP contribution in [0.4, 0.5) is 4.39 Å². The van der Waals surface area contributed by atoms with Crippen LogP contribution in [0.3, 0.4) is 0 Å². The SMILES string of the molecule is COc1cc(C)c(C(C)NS(=O)(=O)Cc2ccccc2F)cc1C(C)C. The molecule has 0 saturated carbocycles. The Bertz CT molecular complexity index is 879. The van der Waals surface area contributed by atoms with Crippen LogP contribution in [-0.2, 0) is 15.8 Å². The van der Waals surface area contributed by atoms with E-state index in [0.717, 1.165) is 22.4 Å². The Balaban J connectivity index is 2.27. The quantitative estimate of drug-likeness (QED) is 0.773. The van der Waals surface area contributed by atoms with Crippen molar-refractivity contribution in [1.29, 1.82) is 0 Å². The number of ether oxygens (including phenoxy) is 1. The maximum absolute atomic E-state index is 13.8. The molecule has 0 aliphatic carbocycles. The first kappa shape index (κ1) is 20.4. The summed E-state index contributed by atoms with van der Waals surface area (Å²) in [5.74, 6) is 0.124. The maximum atomic E-state index is 13.8. The average Bonchev–Trinajstić information content (AvgIpc) is 2.55. The first-order valence-electron chi connectivity index (χ1n) is 8.56. The Morgan fingerprint density at radius 1 is 1.12 bits per heavy atom. The number of methoxy groups -OCH3 is 1. The standard InChI is InChI=1S/C20H26FNO3S/c1-13(2)17-11-18(14(3)10-20(17)25-5)15(4)22-26(23,24)12-16-8-6-7-9-19(16)21/h6-11,13,15,22H,12H2,1-5H3. The zero-order chi connectivity index (χ0) is 19.5. The van der Waals surface area contributed by atoms with Gasteiger partial charge in [-0.3, -0.25) is 0 Å². The molecule has 2 rings (SSSR count). The molecule has 0 radical (unpaired) electrons. The van der Waals surface area contributed by atoms with Crippen LogP contribution >= 0.6 is 0 Å². The van der Waals surface area contributed by atoms with Crippen molar-refractivity contribution in [3.05, 3.63) is 64.5 Å². The summed E-state index contributed by atoms with van der Waals surface area (Å²) in [6, 6.07) is 9.37. The highest BCUT2D eigenvalue weighted by Gasteiger charge is 2.21. The highest BCUT2D eigenvalue weighted by Crippen LogP contribution is 2.32. The molecule has 2 aromatic rings. The highest BCUT2D eigenvalue weighted by molar-refractivity contribution is 7.88. The van der Waals surface area contributed by atoms with E-state index in [0.29, 0.717) is 0 Å². The van der Waals surface area contributed by atoms with Crippen molar-refractivity contribution < 1.29 is 17.5 Å². The summed E-state index contributed by atoms with van der Waals surface area (Å²) >= 11 is 0. The van der Waals surface area contributed by atoms with Gasteiger partial charge in [0.05, 0.1) is 12.9 Å². The molecule has 6 heteroatoms. The lowest BCUT2D eigenvalue weighted by Crippen LogP contribution is -2.29. The lowest BCUT2D eigenvalue weighted by molar-refractivity contribution is 0.406. The number of rotatable bonds is 7. The third kappa shape index (κ3) is 4.83. The van der Waals surface area contributed by atoms with Gasteiger partial charge in [0.15, 0.2) is 0 Å². The Labute approximate surface area is 155 Å². The van der Waals surface area contributed by atoms with Crippen molar-refractivity contribution in [1.82, 2.24) is 4.72 Å². The first-order chi connectivity index (χ1) is 12.1. The molecule has 0 aliphatic rings. The second kappa shape index (κ2) is 8.18. The molecule has 2 aromatic carbocycles. The van der Waals surface area contributed by atoms with Gasteiger partial charge in [0.1, 0.15) is 11.6 Å². The summed E-state index contributed by atoms with van der Waals surface area (Å²) < 4.78 is 46.8. The third-order valence-corrected chi connectivity index (χ3v) is 5.77. The molecule has 0 saturated heterocycles. The molecule has 0 spiro atoms. The van der Waals surface area contributed by atoms with E-state index in [9.17, 15) is 12.8 Å². The first-order valence-corrected chi connectivity index (χ1v) is 10.2. The molecule has 4 nitrogen and oxygen atoms in total. The minimum atomic E-state index is -3.69. The van der Waals surface area contributed by atoms with Gasteiger partial charge in [0, 0.05) is 11.6 Å². The third-order valence-electron chi connectivity index (χ3n) is 4.37. The highest BCUT2D eigenvalue weighted by atomic mass is 32.2. The normalized spacial score (nSPS) is 13.0. The monoisotopic (exact) mass is 379 g/mol. The van der Waals surface area contributed by atoms with Gasteiger partial charge >= 0.3 is 0 Å². The van der Waals surface area contributed by atoms with Crippen LogP contribution in [0.15, 0.2) is 36.4 Å². The number of benzene rings is 2. The van der Waals surface area contributed by atoms with E-state index in [1.54, 1.807) is 20.1 Å². The van der Waals surface area contributed by atoms with Crippen LogP contribution in [0.5, 0.6) is 5.75 Å². The van der Waals surface area contributed by atoms with Crippen LogP contribution in [0.25, 0.3) is 0 Å². The van der Waals surface area contributed by atoms with Gasteiger partial charge in [-0.15, -0.1) is 0 Å². The molecule has 0 bridgehead atoms. The van der Waals surface area contributed by atoms with E-state index in [4.69, 9.17) is 4.74 Å². The van der Waals surface area contributed by atoms with Gasteiger partial charge in [-0.05, 0) is 54.7 Å². The minimum Gasteiger partial charge on any atom is -0.496 e. The van der Waals surface area contributed by atoms with Gasteiger partial charge in [0.2, 0.25) is 10.0 Å². The molecule has 1 N–H and O–H groups in total. The number of aryl methyl sites for hydroxylation is 1. The van der Waals surface area contributed by atoms with E-state index in [-0.39, 0.29) is 11.5 Å². The fourth-order valence-corrected chi connectivity index (χ4v) is 4.40. The molecule has 26 heavy (non-hydrogen) atoms. The second-order valence-electron chi connectivity index (χ2n) is 6.80. The molecule has 0 heterocycles. The Kier molecular flexibility index (Phi) is 6.42. The summed E-state index contributed by atoms with van der Waals surface area (Å²) in [5.41, 5.74) is 2.99. The smallest absolute Gasteiger partial charge is 0.216 e. The van der Waals surface area contributed by atoms with Crippen molar-refractivity contribution in [3.8, 4) is 5.75 Å². The van der Waals surface area contributed by atoms with Crippen LogP contribution in [0.1, 0.15) is 55.0 Å². The maximum Gasteiger partial charge on any atom is 0.216 e. The summed E-state index contributed by atoms with van der Waals surface area (Å²) in [7, 11) is -2.07. The predicted molar refractivity (Wildman–Crippen MR) is 102 cm³/mol. The lowest BCUT2D eigenvalue weighted by atomic mass is 9.94. The van der Waals surface area contributed by atoms with E-state index in [2.05, 4.69) is 18.6 Å². The number of hydrogen-bond acceptors (Lipinski definition) is 3. The Morgan fingerprint density at radius 3 is 2.35 bits per heavy atom. The van der Waals surface area contributed by atoms with Crippen molar-refractivity contribution in [2.75, 3.05) is 7.11 Å². The number of nitrogens with one attached hydrogen (secondary N) is 1. The second-order valence-corrected chi connectivity index (χ2v) is 8.55. The molecular weight excluding hydrogens is 353 g/mol. The van der Waals surface area contributed by atoms with E-state index < -0.39 is 27.6 Å². The molecule has 0 amide bonds. The van der Waals surface area contributed by atoms with Crippen LogP contribution in [0.2, 0.25) is 0 Å². The van der Waals surface area contributed by atoms with Gasteiger partial charge in [-0.25, -0.2) is 17.5 Å². The average molecular weight is 379 g/mol. The molecule has 1 atom stereocenters. The topological polar surface area (TPSA) is 55.4 Å². The largest absolute Gasteiger partial charge is 0.496 e. The fraction of sp³-hybridized carbons (Fsp3) is 0.400. The fourth-order valence-electron chi connectivity index (χ4n) is 3.00. The van der Waals surface area contributed by atoms with Gasteiger partial charge in [-0.2, -0.15) is 0 Å². The van der Waals surface area contributed by atoms with E-state index in [1.807, 2.05) is 19.1 Å². The van der Waals surface area contributed by atoms with Crippen molar-refractivity contribution in [2.45, 2.75) is 45.4 Å². The summed E-state index contributed by atoms with van der Waals surface area (Å²) in [6.07, 6.45) is 0. The zero-order valence-electron chi connectivity index (χ0n) is 15.8. The number of hydrogen-bond donors (Lipinski definition) is 1. The Hall–Kier alpha value is -1.92. The minimum absolute atomic E-state index is 0.154. The molecule has 0 aliphatic heterocycles. The summed E-state index contributed by atoms with van der Waals surface area (Å²) in [5, 5.41) is 0.